The number of carbonyl (C=O) groups excluding carboxylic acids is 3. The summed E-state index contributed by atoms with van der Waals surface area (Å²) >= 11 is 3.40. The minimum absolute atomic E-state index is 0.209. The summed E-state index contributed by atoms with van der Waals surface area (Å²) < 4.78 is 23.1. The Morgan fingerprint density at radius 2 is 1.08 bits per heavy atom. The van der Waals surface area contributed by atoms with Gasteiger partial charge in [-0.25, -0.2) is 14.4 Å². The molecule has 3 aromatic carbocycles. The minimum atomic E-state index is -1.03. The molecule has 0 radical (unpaired) electrons. The topological polar surface area (TPSA) is 88.1 Å². The maximum atomic E-state index is 13.1. The van der Waals surface area contributed by atoms with Crippen molar-refractivity contribution in [3.63, 3.8) is 0 Å². The number of alkyl halides is 1. The van der Waals surface area contributed by atoms with Crippen molar-refractivity contribution in [3.8, 4) is 0 Å². The van der Waals surface area contributed by atoms with E-state index >= 15 is 0 Å². The van der Waals surface area contributed by atoms with E-state index in [0.717, 1.165) is 16.7 Å². The van der Waals surface area contributed by atoms with E-state index in [9.17, 15) is 14.4 Å². The Bertz CT molecular complexity index is 1300. The Kier molecular flexibility index (Phi) is 8.41. The first-order valence-corrected chi connectivity index (χ1v) is 12.7. The minimum Gasteiger partial charge on any atom is -0.459 e. The van der Waals surface area contributed by atoms with Gasteiger partial charge in [-0.15, -0.1) is 0 Å². The molecular formula is C29H27BrO7. The molecule has 0 aliphatic carbocycles. The van der Waals surface area contributed by atoms with Crippen molar-refractivity contribution in [2.24, 2.45) is 0 Å². The molecule has 192 valence electrons. The number of benzene rings is 3. The van der Waals surface area contributed by atoms with Gasteiger partial charge in [0.2, 0.25) is 0 Å². The number of halogens is 1. The van der Waals surface area contributed by atoms with E-state index in [4.69, 9.17) is 18.9 Å². The predicted octanol–water partition coefficient (Wildman–Crippen LogP) is 5.34. The number of hydrogen-bond acceptors (Lipinski definition) is 7. The highest BCUT2D eigenvalue weighted by Crippen LogP contribution is 2.32. The van der Waals surface area contributed by atoms with Gasteiger partial charge >= 0.3 is 17.9 Å². The Morgan fingerprint density at radius 1 is 0.676 bits per heavy atom. The number of aryl methyl sites for hydroxylation is 3. The monoisotopic (exact) mass is 566 g/mol. The summed E-state index contributed by atoms with van der Waals surface area (Å²) in [6.45, 7) is 5.20. The van der Waals surface area contributed by atoms with Crippen LogP contribution < -0.4 is 0 Å². The SMILES string of the molecule is Cc1ccccc1C(=O)OC[C@@H]1O[C@@H](Br)[C@H](OC(=O)c2ccccc2C)[C@H]1OC(=O)c1ccccc1C. The lowest BCUT2D eigenvalue weighted by molar-refractivity contribution is -0.0435. The van der Waals surface area contributed by atoms with Crippen LogP contribution in [0, 0.1) is 20.8 Å². The molecule has 1 heterocycles. The second kappa shape index (κ2) is 11.7. The molecule has 37 heavy (non-hydrogen) atoms. The molecule has 1 aliphatic heterocycles. The Balaban J connectivity index is 1.56. The van der Waals surface area contributed by atoms with Crippen molar-refractivity contribution >= 4 is 33.8 Å². The van der Waals surface area contributed by atoms with Crippen molar-refractivity contribution in [1.82, 2.24) is 0 Å². The van der Waals surface area contributed by atoms with Gasteiger partial charge in [-0.05, 0) is 55.7 Å². The van der Waals surface area contributed by atoms with Gasteiger partial charge < -0.3 is 18.9 Å². The third-order valence-electron chi connectivity index (χ3n) is 6.21. The summed E-state index contributed by atoms with van der Waals surface area (Å²) in [5.41, 5.74) is 3.44. The second-order valence-electron chi connectivity index (χ2n) is 8.81. The molecule has 4 rings (SSSR count). The highest BCUT2D eigenvalue weighted by molar-refractivity contribution is 9.09. The van der Waals surface area contributed by atoms with Crippen LogP contribution in [0.3, 0.4) is 0 Å². The maximum Gasteiger partial charge on any atom is 0.338 e. The molecule has 0 saturated carbocycles. The normalized spacial score (nSPS) is 20.8. The number of esters is 3. The van der Waals surface area contributed by atoms with E-state index in [-0.39, 0.29) is 6.61 Å². The average Bonchev–Trinajstić information content (AvgIpc) is 3.16. The third kappa shape index (κ3) is 6.09. The fraction of sp³-hybridized carbons (Fsp3) is 0.276. The first kappa shape index (κ1) is 26.6. The zero-order valence-electron chi connectivity index (χ0n) is 20.7. The molecule has 0 unspecified atom stereocenters. The van der Waals surface area contributed by atoms with Crippen LogP contribution in [0.5, 0.6) is 0 Å². The maximum absolute atomic E-state index is 13.1. The number of hydrogen-bond donors (Lipinski definition) is 0. The van der Waals surface area contributed by atoms with Crippen molar-refractivity contribution in [1.29, 1.82) is 0 Å². The van der Waals surface area contributed by atoms with E-state index in [2.05, 4.69) is 15.9 Å². The summed E-state index contributed by atoms with van der Waals surface area (Å²) in [6.07, 6.45) is -2.89. The van der Waals surface area contributed by atoms with Crippen molar-refractivity contribution in [2.45, 2.75) is 44.1 Å². The fourth-order valence-electron chi connectivity index (χ4n) is 4.10. The standard InChI is InChI=1S/C29H27BrO7/c1-17-10-4-7-13-20(17)27(31)34-16-23-24(36-28(32)21-14-8-5-11-18(21)2)25(26(30)35-23)37-29(33)22-15-9-6-12-19(22)3/h4-15,23-26H,16H2,1-3H3/t23-,24-,25+,26+/m0/s1. The molecule has 0 bridgehead atoms. The predicted molar refractivity (Wildman–Crippen MR) is 140 cm³/mol. The second-order valence-corrected chi connectivity index (χ2v) is 9.71. The van der Waals surface area contributed by atoms with Gasteiger partial charge in [0, 0.05) is 0 Å². The highest BCUT2D eigenvalue weighted by atomic mass is 79.9. The van der Waals surface area contributed by atoms with Gasteiger partial charge in [0.1, 0.15) is 12.7 Å². The molecule has 1 fully saturated rings. The molecule has 0 N–H and O–H groups in total. The first-order valence-electron chi connectivity index (χ1n) is 11.8. The first-order chi connectivity index (χ1) is 17.8. The third-order valence-corrected chi connectivity index (χ3v) is 6.95. The number of rotatable bonds is 7. The van der Waals surface area contributed by atoms with Crippen LogP contribution in [-0.4, -0.2) is 47.8 Å². The van der Waals surface area contributed by atoms with Crippen LogP contribution in [0.1, 0.15) is 47.8 Å². The summed E-state index contributed by atoms with van der Waals surface area (Å²) in [5.74, 6) is -1.71. The van der Waals surface area contributed by atoms with Gasteiger partial charge in [0.15, 0.2) is 17.2 Å². The van der Waals surface area contributed by atoms with Crippen LogP contribution >= 0.6 is 15.9 Å². The van der Waals surface area contributed by atoms with Gasteiger partial charge in [-0.1, -0.05) is 70.5 Å². The molecule has 1 aliphatic rings. The average molecular weight is 567 g/mol. The van der Waals surface area contributed by atoms with Crippen molar-refractivity contribution < 1.29 is 33.3 Å². The Labute approximate surface area is 223 Å². The molecule has 8 heteroatoms. The summed E-state index contributed by atoms with van der Waals surface area (Å²) in [7, 11) is 0. The van der Waals surface area contributed by atoms with Crippen LogP contribution in [0.25, 0.3) is 0 Å². The fourth-order valence-corrected chi connectivity index (χ4v) is 4.78. The largest absolute Gasteiger partial charge is 0.459 e. The van der Waals surface area contributed by atoms with E-state index < -0.39 is 41.2 Å². The van der Waals surface area contributed by atoms with E-state index in [0.29, 0.717) is 16.7 Å². The van der Waals surface area contributed by atoms with E-state index in [1.54, 1.807) is 62.4 Å². The van der Waals surface area contributed by atoms with Gasteiger partial charge in [0.05, 0.1) is 16.7 Å². The zero-order valence-corrected chi connectivity index (χ0v) is 22.3. The van der Waals surface area contributed by atoms with Gasteiger partial charge in [-0.3, -0.25) is 0 Å². The van der Waals surface area contributed by atoms with Crippen LogP contribution in [0.15, 0.2) is 72.8 Å². The smallest absolute Gasteiger partial charge is 0.338 e. The van der Waals surface area contributed by atoms with Crippen LogP contribution in [-0.2, 0) is 18.9 Å². The molecule has 0 aromatic heterocycles. The summed E-state index contributed by atoms with van der Waals surface area (Å²) in [6, 6.07) is 21.1. The molecule has 0 amide bonds. The quantitative estimate of drug-likeness (QED) is 0.216. The lowest BCUT2D eigenvalue weighted by Crippen LogP contribution is -2.41. The summed E-state index contributed by atoms with van der Waals surface area (Å²) in [4.78, 5) is 38.8. The molecule has 3 aromatic rings. The highest BCUT2D eigenvalue weighted by Gasteiger charge is 2.49. The molecule has 0 spiro atoms. The Hall–Kier alpha value is -3.49. The van der Waals surface area contributed by atoms with Crippen LogP contribution in [0.4, 0.5) is 0 Å². The lowest BCUT2D eigenvalue weighted by Gasteiger charge is -2.24. The summed E-state index contributed by atoms with van der Waals surface area (Å²) in [5, 5.41) is -0.794. The molecule has 4 atom stereocenters. The molecule has 1 saturated heterocycles. The van der Waals surface area contributed by atoms with Gasteiger partial charge in [0.25, 0.3) is 0 Å². The number of carbonyl (C=O) groups is 3. The van der Waals surface area contributed by atoms with Crippen molar-refractivity contribution in [3.05, 3.63) is 106 Å². The molecule has 7 nitrogen and oxygen atoms in total. The van der Waals surface area contributed by atoms with Crippen LogP contribution in [0.2, 0.25) is 0 Å². The van der Waals surface area contributed by atoms with E-state index in [1.807, 2.05) is 31.2 Å². The Morgan fingerprint density at radius 3 is 1.54 bits per heavy atom. The number of ether oxygens (including phenoxy) is 4. The van der Waals surface area contributed by atoms with E-state index in [1.165, 1.54) is 0 Å². The van der Waals surface area contributed by atoms with Gasteiger partial charge in [-0.2, -0.15) is 0 Å². The lowest BCUT2D eigenvalue weighted by atomic mass is 10.1. The van der Waals surface area contributed by atoms with Crippen molar-refractivity contribution in [2.75, 3.05) is 6.61 Å². The zero-order chi connectivity index (χ0) is 26.5. The molecular weight excluding hydrogens is 540 g/mol.